The summed E-state index contributed by atoms with van der Waals surface area (Å²) in [6, 6.07) is -10.1. The fourth-order valence-corrected chi connectivity index (χ4v) is 15.3. The quantitative estimate of drug-likeness (QED) is 0.192. The number of hydrogen-bond acceptors (Lipinski definition) is 11. The lowest BCUT2D eigenvalue weighted by Gasteiger charge is -2.47. The summed E-state index contributed by atoms with van der Waals surface area (Å²) in [6.45, 7) is 4.92. The zero-order chi connectivity index (χ0) is 75.0. The van der Waals surface area contributed by atoms with E-state index < -0.39 is 237 Å². The average molecular weight is 1440 g/mol. The van der Waals surface area contributed by atoms with Gasteiger partial charge in [0.2, 0.25) is 65.0 Å². The van der Waals surface area contributed by atoms with Crippen LogP contribution in [0.3, 0.4) is 0 Å². The van der Waals surface area contributed by atoms with Crippen LogP contribution in [0.2, 0.25) is 0 Å². The molecule has 4 saturated carbocycles. The van der Waals surface area contributed by atoms with Crippen molar-refractivity contribution in [3.8, 4) is 0 Å². The number of alkyl halides is 10. The molecule has 0 aromatic heterocycles. The van der Waals surface area contributed by atoms with Crippen LogP contribution in [0.15, 0.2) is 0 Å². The van der Waals surface area contributed by atoms with Gasteiger partial charge in [0, 0.05) is 68.2 Å². The molecule has 2 heterocycles. The van der Waals surface area contributed by atoms with Crippen molar-refractivity contribution < 1.29 is 96.6 Å². The molecular formula is C68H105F10N11O11. The molecule has 1 spiro atoms. The minimum atomic E-state index is -5.26. The highest BCUT2D eigenvalue weighted by Crippen LogP contribution is 2.46. The van der Waals surface area contributed by atoms with Gasteiger partial charge in [-0.3, -0.25) is 52.7 Å². The minimum Gasteiger partial charge on any atom is -0.343 e. The Morgan fingerprint density at radius 1 is 0.580 bits per heavy atom. The minimum absolute atomic E-state index is 0.0416. The van der Waals surface area contributed by atoms with Crippen molar-refractivity contribution in [1.82, 2.24) is 55.1 Å². The van der Waals surface area contributed by atoms with Gasteiger partial charge in [-0.25, -0.2) is 17.6 Å². The normalized spacial score (nSPS) is 31.9. The number of fused-ring (bicyclic) bond motifs is 1. The van der Waals surface area contributed by atoms with Crippen LogP contribution in [-0.4, -0.2) is 258 Å². The lowest BCUT2D eigenvalue weighted by atomic mass is 9.74. The van der Waals surface area contributed by atoms with Crippen LogP contribution in [0.4, 0.5) is 43.9 Å². The van der Waals surface area contributed by atoms with E-state index in [-0.39, 0.29) is 63.7 Å². The SMILES string of the molecule is CC[C@H](C)[C@@H]1NC(=O)[C@H](CC(C)C)N(C)C(=O)C[C@@H](C)N(C)C(=O)[C@H](C2CCCCC2)N(C)C(=O)C2(CCC2)NC(=O)[C@@H]2CC(F)(F)CN2C(=O)[C@H](CCC2CC(F)C(C(F)(F)F)C(F)C2)NC(=O)CN(C)C(=O)[C@H](CC2CCC(C(F)(F)F)CC2)N(C)C(=O)CN(C)C(=O)CN(C)C1=O. The molecule has 11 amide bonds. The second kappa shape index (κ2) is 34.2. The highest BCUT2D eigenvalue weighted by molar-refractivity contribution is 6.00. The average Bonchev–Trinajstić information content (AvgIpc) is 1.23. The number of rotatable bonds is 10. The van der Waals surface area contributed by atoms with E-state index in [1.54, 1.807) is 20.8 Å². The van der Waals surface area contributed by atoms with Crippen molar-refractivity contribution in [3.05, 3.63) is 0 Å². The Labute approximate surface area is 579 Å². The van der Waals surface area contributed by atoms with Gasteiger partial charge >= 0.3 is 12.4 Å². The zero-order valence-corrected chi connectivity index (χ0v) is 59.8. The number of carbonyl (C=O) groups excluding carboxylic acids is 11. The first-order valence-corrected chi connectivity index (χ1v) is 35.2. The predicted molar refractivity (Wildman–Crippen MR) is 346 cm³/mol. The summed E-state index contributed by atoms with van der Waals surface area (Å²) in [4.78, 5) is 169. The van der Waals surface area contributed by atoms with Crippen LogP contribution < -0.4 is 16.0 Å². The second-order valence-corrected chi connectivity index (χ2v) is 30.0. The molecule has 6 fully saturated rings. The fourth-order valence-electron chi connectivity index (χ4n) is 15.3. The maximum absolute atomic E-state index is 16.0. The van der Waals surface area contributed by atoms with E-state index in [1.807, 2.05) is 13.8 Å². The molecule has 10 atom stereocenters. The molecule has 0 bridgehead atoms. The maximum atomic E-state index is 16.0. The Balaban J connectivity index is 1.40. The van der Waals surface area contributed by atoms with E-state index in [0.29, 0.717) is 43.4 Å². The third kappa shape index (κ3) is 20.4. The van der Waals surface area contributed by atoms with Crippen molar-refractivity contribution in [1.29, 1.82) is 0 Å². The molecule has 2 unspecified atom stereocenters. The standard InChI is InChI=1S/C68H105F10N11O11/c1-13-39(4)56-62(98)84(8)35-53(92)82(6)36-54(93)87(11)49(32-41-20-23-44(24-21-41)67(73,74)75)61(97)83(7)34-51(90)79-47(25-22-42-30-45(69)55(46(70)31-42)68(76,77)78)60(96)89-37-66(71,72)33-50(89)59(95)81-65(26-17-27-65)64(100)88(12)57(43-18-15-14-16-19-43)63(99)85(9)40(5)29-52(91)86(10)48(28-38(2)3)58(94)80-56/h38-50,55-57H,13-37H2,1-12H3,(H,79,90)(H,80,94)(H,81,95)/t39-,40+,41?,42?,44?,45?,46?,47-,48-,49-,50-,55?,56-,57-/m0/s1. The molecule has 6 rings (SSSR count). The number of likely N-dealkylation sites (N-methyl/N-ethyl adjacent to an activating group) is 7. The Kier molecular flexibility index (Phi) is 28.2. The molecular weight excluding hydrogens is 1340 g/mol. The predicted octanol–water partition coefficient (Wildman–Crippen LogP) is 6.81. The van der Waals surface area contributed by atoms with Gasteiger partial charge in [0.25, 0.3) is 5.92 Å². The molecule has 4 aliphatic carbocycles. The number of nitrogens with zero attached hydrogens (tertiary/aromatic N) is 8. The van der Waals surface area contributed by atoms with Crippen molar-refractivity contribution in [2.24, 2.45) is 41.4 Å². The van der Waals surface area contributed by atoms with E-state index in [4.69, 9.17) is 0 Å². The number of halogens is 10. The summed E-state index contributed by atoms with van der Waals surface area (Å²) in [5.41, 5.74) is -1.82. The fraction of sp³-hybridized carbons (Fsp3) is 0.838. The summed E-state index contributed by atoms with van der Waals surface area (Å²) < 4.78 is 146. The molecule has 2 saturated heterocycles. The molecule has 0 aromatic carbocycles. The summed E-state index contributed by atoms with van der Waals surface area (Å²) in [5.74, 6) is -21.1. The van der Waals surface area contributed by atoms with E-state index in [9.17, 15) is 64.7 Å². The summed E-state index contributed by atoms with van der Waals surface area (Å²) in [6.07, 6.45) is -16.8. The third-order valence-corrected chi connectivity index (χ3v) is 22.1. The Bertz CT molecular complexity index is 2920. The highest BCUT2D eigenvalue weighted by atomic mass is 19.4. The lowest BCUT2D eigenvalue weighted by molar-refractivity contribution is -0.219. The van der Waals surface area contributed by atoms with E-state index in [0.717, 1.165) is 33.1 Å². The van der Waals surface area contributed by atoms with Gasteiger partial charge in [-0.1, -0.05) is 53.4 Å². The van der Waals surface area contributed by atoms with Crippen LogP contribution in [0.25, 0.3) is 0 Å². The van der Waals surface area contributed by atoms with Crippen LogP contribution in [0, 0.1) is 41.4 Å². The molecule has 568 valence electrons. The summed E-state index contributed by atoms with van der Waals surface area (Å²) in [5, 5.41) is 7.85. The second-order valence-electron chi connectivity index (χ2n) is 30.0. The lowest BCUT2D eigenvalue weighted by Crippen LogP contribution is -2.68. The monoisotopic (exact) mass is 1440 g/mol. The number of carbonyl (C=O) groups is 11. The van der Waals surface area contributed by atoms with Crippen LogP contribution >= 0.6 is 0 Å². The van der Waals surface area contributed by atoms with Crippen molar-refractivity contribution in [2.45, 2.75) is 248 Å². The topological polar surface area (TPSA) is 250 Å². The van der Waals surface area contributed by atoms with Gasteiger partial charge in [0.1, 0.15) is 60.1 Å². The molecule has 22 nitrogen and oxygen atoms in total. The van der Waals surface area contributed by atoms with Crippen molar-refractivity contribution in [2.75, 3.05) is 75.5 Å². The van der Waals surface area contributed by atoms with E-state index >= 15 is 31.9 Å². The van der Waals surface area contributed by atoms with Gasteiger partial charge in [0.15, 0.2) is 0 Å². The van der Waals surface area contributed by atoms with Gasteiger partial charge in [0.05, 0.1) is 32.1 Å². The molecule has 32 heteroatoms. The Morgan fingerprint density at radius 2 is 1.15 bits per heavy atom. The molecule has 0 aromatic rings. The molecule has 100 heavy (non-hydrogen) atoms. The van der Waals surface area contributed by atoms with E-state index in [2.05, 4.69) is 16.0 Å². The van der Waals surface area contributed by atoms with Crippen molar-refractivity contribution in [3.63, 3.8) is 0 Å². The van der Waals surface area contributed by atoms with Gasteiger partial charge in [-0.05, 0) is 133 Å². The Morgan fingerprint density at radius 3 is 1.69 bits per heavy atom. The zero-order valence-electron chi connectivity index (χ0n) is 59.8. The van der Waals surface area contributed by atoms with Crippen LogP contribution in [0.5, 0.6) is 0 Å². The van der Waals surface area contributed by atoms with Crippen LogP contribution in [0.1, 0.15) is 169 Å². The maximum Gasteiger partial charge on any atom is 0.397 e. The molecule has 2 aliphatic heterocycles. The van der Waals surface area contributed by atoms with Crippen LogP contribution in [-0.2, 0) is 52.7 Å². The Hall–Kier alpha value is -6.53. The summed E-state index contributed by atoms with van der Waals surface area (Å²) >= 11 is 0. The number of hydrogen-bond donors (Lipinski definition) is 3. The highest BCUT2D eigenvalue weighted by Gasteiger charge is 2.57. The smallest absolute Gasteiger partial charge is 0.343 e. The summed E-state index contributed by atoms with van der Waals surface area (Å²) in [7, 11) is 9.09. The third-order valence-electron chi connectivity index (χ3n) is 22.1. The largest absolute Gasteiger partial charge is 0.397 e. The van der Waals surface area contributed by atoms with Gasteiger partial charge in [-0.2, -0.15) is 26.3 Å². The van der Waals surface area contributed by atoms with Gasteiger partial charge in [-0.15, -0.1) is 0 Å². The first-order valence-electron chi connectivity index (χ1n) is 35.2. The first kappa shape index (κ1) is 82.4. The van der Waals surface area contributed by atoms with Crippen molar-refractivity contribution >= 4 is 65.0 Å². The molecule has 3 N–H and O–H groups in total. The number of nitrogens with one attached hydrogen (secondary N) is 3. The molecule has 6 aliphatic rings. The van der Waals surface area contributed by atoms with E-state index in [1.165, 1.54) is 57.0 Å². The number of amides is 11. The van der Waals surface area contributed by atoms with Gasteiger partial charge < -0.3 is 55.1 Å². The molecule has 0 radical (unpaired) electrons. The first-order chi connectivity index (χ1) is 46.4.